The summed E-state index contributed by atoms with van der Waals surface area (Å²) in [5.74, 6) is -0.579. The number of hydrogen-bond donors (Lipinski definition) is 1. The molecule has 88 valence electrons. The number of rotatable bonds is 4. The van der Waals surface area contributed by atoms with Crippen molar-refractivity contribution in [3.63, 3.8) is 0 Å². The second-order valence-electron chi connectivity index (χ2n) is 3.07. The van der Waals surface area contributed by atoms with Gasteiger partial charge in [-0.15, -0.1) is 0 Å². The van der Waals surface area contributed by atoms with Crippen LogP contribution in [0.2, 0.25) is 0 Å². The summed E-state index contributed by atoms with van der Waals surface area (Å²) in [5.41, 5.74) is 0.729. The Bertz CT molecular complexity index is 371. The van der Waals surface area contributed by atoms with Crippen molar-refractivity contribution in [2.45, 2.75) is 6.29 Å². The van der Waals surface area contributed by atoms with Gasteiger partial charge in [-0.05, 0) is 18.2 Å². The van der Waals surface area contributed by atoms with Crippen molar-refractivity contribution in [1.29, 1.82) is 0 Å². The second kappa shape index (κ2) is 5.48. The van der Waals surface area contributed by atoms with Crippen LogP contribution in [0.15, 0.2) is 18.2 Å². The van der Waals surface area contributed by atoms with Crippen LogP contribution in [-0.2, 0) is 14.2 Å². The van der Waals surface area contributed by atoms with Crippen molar-refractivity contribution in [2.75, 3.05) is 21.3 Å². The zero-order valence-electron chi connectivity index (χ0n) is 9.39. The van der Waals surface area contributed by atoms with E-state index < -0.39 is 12.3 Å². The molecular weight excluding hydrogens is 212 g/mol. The number of ether oxygens (including phenoxy) is 3. The van der Waals surface area contributed by atoms with Gasteiger partial charge in [0, 0.05) is 19.8 Å². The minimum atomic E-state index is -0.660. The summed E-state index contributed by atoms with van der Waals surface area (Å²) in [6.45, 7) is 0. The Kier molecular flexibility index (Phi) is 4.28. The van der Waals surface area contributed by atoms with Crippen LogP contribution in [0.5, 0.6) is 5.75 Å². The summed E-state index contributed by atoms with van der Waals surface area (Å²) in [6.07, 6.45) is -0.660. The first-order chi connectivity index (χ1) is 7.63. The maximum absolute atomic E-state index is 11.2. The highest BCUT2D eigenvalue weighted by Crippen LogP contribution is 2.27. The number of methoxy groups -OCH3 is 3. The zero-order chi connectivity index (χ0) is 12.1. The molecule has 0 aliphatic carbocycles. The lowest BCUT2D eigenvalue weighted by atomic mass is 10.1. The molecule has 0 fully saturated rings. The summed E-state index contributed by atoms with van der Waals surface area (Å²) >= 11 is 0. The molecule has 0 radical (unpaired) electrons. The van der Waals surface area contributed by atoms with Gasteiger partial charge in [0.2, 0.25) is 0 Å². The van der Waals surface area contributed by atoms with Crippen molar-refractivity contribution in [2.24, 2.45) is 0 Å². The average Bonchev–Trinajstić information content (AvgIpc) is 2.31. The molecule has 0 aliphatic rings. The largest absolute Gasteiger partial charge is 0.507 e. The third-order valence-electron chi connectivity index (χ3n) is 2.13. The lowest BCUT2D eigenvalue weighted by molar-refractivity contribution is -0.107. The van der Waals surface area contributed by atoms with Crippen molar-refractivity contribution < 1.29 is 24.1 Å². The van der Waals surface area contributed by atoms with E-state index in [1.54, 1.807) is 6.07 Å². The molecule has 1 aromatic rings. The van der Waals surface area contributed by atoms with Crippen molar-refractivity contribution in [3.05, 3.63) is 29.3 Å². The first-order valence-electron chi connectivity index (χ1n) is 4.60. The third kappa shape index (κ3) is 2.50. The average molecular weight is 226 g/mol. The van der Waals surface area contributed by atoms with E-state index in [1.165, 1.54) is 33.5 Å². The summed E-state index contributed by atoms with van der Waals surface area (Å²) in [6, 6.07) is 4.40. The fraction of sp³-hybridized carbons (Fsp3) is 0.364. The number of carbonyl (C=O) groups is 1. The van der Waals surface area contributed by atoms with E-state index in [0.717, 1.165) is 0 Å². The van der Waals surface area contributed by atoms with E-state index in [1.807, 2.05) is 0 Å². The molecule has 5 nitrogen and oxygen atoms in total. The van der Waals surface area contributed by atoms with E-state index >= 15 is 0 Å². The molecule has 0 amide bonds. The number of phenols is 1. The number of hydrogen-bond acceptors (Lipinski definition) is 5. The first kappa shape index (κ1) is 12.5. The third-order valence-corrected chi connectivity index (χ3v) is 2.13. The zero-order valence-corrected chi connectivity index (χ0v) is 9.39. The van der Waals surface area contributed by atoms with E-state index in [2.05, 4.69) is 4.74 Å². The minimum absolute atomic E-state index is 0.0726. The monoisotopic (exact) mass is 226 g/mol. The Hall–Kier alpha value is -1.59. The molecule has 1 N–H and O–H groups in total. The van der Waals surface area contributed by atoms with Gasteiger partial charge >= 0.3 is 5.97 Å². The van der Waals surface area contributed by atoms with Gasteiger partial charge in [-0.25, -0.2) is 4.79 Å². The second-order valence-corrected chi connectivity index (χ2v) is 3.07. The van der Waals surface area contributed by atoms with Crippen LogP contribution >= 0.6 is 0 Å². The lowest BCUT2D eigenvalue weighted by Crippen LogP contribution is -2.06. The van der Waals surface area contributed by atoms with Gasteiger partial charge < -0.3 is 19.3 Å². The molecule has 0 saturated heterocycles. The smallest absolute Gasteiger partial charge is 0.337 e. The predicted molar refractivity (Wildman–Crippen MR) is 56.2 cm³/mol. The van der Waals surface area contributed by atoms with Crippen molar-refractivity contribution >= 4 is 5.97 Å². The Labute approximate surface area is 93.6 Å². The number of phenolic OH excluding ortho intramolecular Hbond substituents is 1. The quantitative estimate of drug-likeness (QED) is 0.622. The van der Waals surface area contributed by atoms with Gasteiger partial charge in [0.25, 0.3) is 0 Å². The Balaban J connectivity index is 3.04. The van der Waals surface area contributed by atoms with Gasteiger partial charge in [-0.3, -0.25) is 0 Å². The molecule has 1 rings (SSSR count). The summed E-state index contributed by atoms with van der Waals surface area (Å²) in [7, 11) is 4.20. The molecule has 0 spiro atoms. The molecule has 0 saturated carbocycles. The maximum Gasteiger partial charge on any atom is 0.337 e. The molecule has 1 aromatic carbocycles. The van der Waals surface area contributed by atoms with Crippen LogP contribution in [0, 0.1) is 0 Å². The predicted octanol–water partition coefficient (Wildman–Crippen LogP) is 1.47. The molecule has 16 heavy (non-hydrogen) atoms. The van der Waals surface area contributed by atoms with Crippen LogP contribution in [0.1, 0.15) is 22.2 Å². The van der Waals surface area contributed by atoms with E-state index in [4.69, 9.17) is 9.47 Å². The number of carbonyl (C=O) groups excluding carboxylic acids is 1. The fourth-order valence-corrected chi connectivity index (χ4v) is 1.34. The highest BCUT2D eigenvalue weighted by molar-refractivity contribution is 5.89. The Morgan fingerprint density at radius 3 is 2.31 bits per heavy atom. The van der Waals surface area contributed by atoms with Crippen molar-refractivity contribution in [1.82, 2.24) is 0 Å². The van der Waals surface area contributed by atoms with Crippen LogP contribution in [0.4, 0.5) is 0 Å². The van der Waals surface area contributed by atoms with Gasteiger partial charge in [0.05, 0.1) is 12.7 Å². The molecule has 0 aliphatic heterocycles. The molecule has 5 heteroatoms. The molecule has 0 aromatic heterocycles. The molecule has 0 bridgehead atoms. The van der Waals surface area contributed by atoms with Crippen molar-refractivity contribution in [3.8, 4) is 5.75 Å². The minimum Gasteiger partial charge on any atom is -0.507 e. The van der Waals surface area contributed by atoms with Gasteiger partial charge in [0.1, 0.15) is 5.75 Å². The van der Waals surface area contributed by atoms with E-state index in [9.17, 15) is 9.90 Å². The normalized spacial score (nSPS) is 10.5. The fourth-order valence-electron chi connectivity index (χ4n) is 1.34. The highest BCUT2D eigenvalue weighted by atomic mass is 16.7. The molecule has 0 heterocycles. The Morgan fingerprint density at radius 1 is 1.25 bits per heavy atom. The van der Waals surface area contributed by atoms with Crippen LogP contribution in [0.3, 0.4) is 0 Å². The lowest BCUT2D eigenvalue weighted by Gasteiger charge is -2.15. The molecular formula is C11H14O5. The SMILES string of the molecule is COC(=O)c1ccc(C(OC)OC)c(O)c1. The summed E-state index contributed by atoms with van der Waals surface area (Å²) in [5, 5.41) is 9.70. The van der Waals surface area contributed by atoms with Crippen LogP contribution in [-0.4, -0.2) is 32.4 Å². The summed E-state index contributed by atoms with van der Waals surface area (Å²) < 4.78 is 14.5. The highest BCUT2D eigenvalue weighted by Gasteiger charge is 2.16. The first-order valence-corrected chi connectivity index (χ1v) is 4.60. The number of esters is 1. The van der Waals surface area contributed by atoms with Gasteiger partial charge in [0.15, 0.2) is 6.29 Å². The van der Waals surface area contributed by atoms with Crippen LogP contribution < -0.4 is 0 Å². The van der Waals surface area contributed by atoms with Crippen LogP contribution in [0.25, 0.3) is 0 Å². The van der Waals surface area contributed by atoms with E-state index in [0.29, 0.717) is 5.56 Å². The summed E-state index contributed by atoms with van der Waals surface area (Å²) in [4.78, 5) is 11.2. The topological polar surface area (TPSA) is 65.0 Å². The maximum atomic E-state index is 11.2. The van der Waals surface area contributed by atoms with Gasteiger partial charge in [-0.2, -0.15) is 0 Å². The Morgan fingerprint density at radius 2 is 1.88 bits per heavy atom. The van der Waals surface area contributed by atoms with E-state index in [-0.39, 0.29) is 11.3 Å². The van der Waals surface area contributed by atoms with Gasteiger partial charge in [-0.1, -0.05) is 0 Å². The number of benzene rings is 1. The molecule has 0 atom stereocenters. The number of aromatic hydroxyl groups is 1. The standard InChI is InChI=1S/C11H14O5/c1-14-10(13)7-4-5-8(9(12)6-7)11(15-2)16-3/h4-6,11-12H,1-3H3. The molecule has 0 unspecified atom stereocenters.